The molecule has 0 radical (unpaired) electrons. The zero-order valence-corrected chi connectivity index (χ0v) is 11.3. The summed E-state index contributed by atoms with van der Waals surface area (Å²) in [5.41, 5.74) is 2.94. The van der Waals surface area contributed by atoms with E-state index in [1.807, 2.05) is 36.6 Å². The molecule has 0 aliphatic heterocycles. The molecule has 6 nitrogen and oxygen atoms in total. The number of hydrogen-bond donors (Lipinski definition) is 1. The molecule has 0 unspecified atom stereocenters. The third-order valence-electron chi connectivity index (χ3n) is 3.25. The average molecular weight is 283 g/mol. The zero-order valence-electron chi connectivity index (χ0n) is 10.5. The maximum Gasteiger partial charge on any atom is 0.261 e. The highest BCUT2D eigenvalue weighted by molar-refractivity contribution is 7.17. The lowest BCUT2D eigenvalue weighted by Crippen LogP contribution is -2.09. The van der Waals surface area contributed by atoms with Gasteiger partial charge in [-0.2, -0.15) is 4.52 Å². The summed E-state index contributed by atoms with van der Waals surface area (Å²) in [5.74, 6) is 0.361. The fourth-order valence-electron chi connectivity index (χ4n) is 2.23. The van der Waals surface area contributed by atoms with Crippen molar-refractivity contribution in [2.45, 2.75) is 6.92 Å². The molecule has 3 aromatic heterocycles. The van der Waals surface area contributed by atoms with Gasteiger partial charge in [0.2, 0.25) is 0 Å². The minimum atomic E-state index is -0.167. The van der Waals surface area contributed by atoms with Crippen LogP contribution in [0.25, 0.3) is 27.1 Å². The van der Waals surface area contributed by atoms with Crippen LogP contribution in [-0.2, 0) is 0 Å². The van der Waals surface area contributed by atoms with E-state index in [9.17, 15) is 4.79 Å². The smallest absolute Gasteiger partial charge is 0.261 e. The van der Waals surface area contributed by atoms with Gasteiger partial charge in [0.1, 0.15) is 4.83 Å². The number of aryl methyl sites for hydroxylation is 1. The van der Waals surface area contributed by atoms with E-state index in [2.05, 4.69) is 20.5 Å². The monoisotopic (exact) mass is 283 g/mol. The lowest BCUT2D eigenvalue weighted by atomic mass is 10.1. The molecular weight excluding hydrogens is 274 g/mol. The first-order valence-electron chi connectivity index (χ1n) is 6.02. The molecule has 1 N–H and O–H groups in total. The maximum atomic E-state index is 12.3. The minimum absolute atomic E-state index is 0.167. The van der Waals surface area contributed by atoms with Crippen LogP contribution < -0.4 is 5.56 Å². The summed E-state index contributed by atoms with van der Waals surface area (Å²) in [4.78, 5) is 15.7. The number of hydrogen-bond acceptors (Lipinski definition) is 5. The van der Waals surface area contributed by atoms with Crippen molar-refractivity contribution in [3.05, 3.63) is 45.6 Å². The van der Waals surface area contributed by atoms with Crippen molar-refractivity contribution < 1.29 is 0 Å². The van der Waals surface area contributed by atoms with Gasteiger partial charge in [0.15, 0.2) is 0 Å². The molecule has 98 valence electrons. The van der Waals surface area contributed by atoms with Crippen molar-refractivity contribution in [3.63, 3.8) is 0 Å². The van der Waals surface area contributed by atoms with Gasteiger partial charge >= 0.3 is 0 Å². The molecule has 0 aliphatic carbocycles. The predicted molar refractivity (Wildman–Crippen MR) is 77.0 cm³/mol. The first-order valence-corrected chi connectivity index (χ1v) is 6.90. The molecule has 4 rings (SSSR count). The highest BCUT2D eigenvalue weighted by Gasteiger charge is 2.14. The van der Waals surface area contributed by atoms with Crippen LogP contribution in [0, 0.1) is 6.92 Å². The number of aromatic amines is 1. The van der Waals surface area contributed by atoms with Gasteiger partial charge in [-0.15, -0.1) is 11.3 Å². The van der Waals surface area contributed by atoms with Crippen LogP contribution >= 0.6 is 11.3 Å². The molecule has 0 saturated heterocycles. The highest BCUT2D eigenvalue weighted by atomic mass is 32.1. The summed E-state index contributed by atoms with van der Waals surface area (Å²) in [6.45, 7) is 2.03. The molecule has 20 heavy (non-hydrogen) atoms. The molecule has 0 aliphatic rings. The van der Waals surface area contributed by atoms with Crippen molar-refractivity contribution in [2.24, 2.45) is 0 Å². The van der Waals surface area contributed by atoms with Crippen LogP contribution in [0.3, 0.4) is 0 Å². The molecule has 7 heteroatoms. The predicted octanol–water partition coefficient (Wildman–Crippen LogP) is 2.00. The Morgan fingerprint density at radius 1 is 1.25 bits per heavy atom. The van der Waals surface area contributed by atoms with Crippen molar-refractivity contribution in [3.8, 4) is 11.1 Å². The number of tetrazole rings is 1. The Labute approximate surface area is 116 Å². The molecule has 0 saturated carbocycles. The molecule has 4 aromatic rings. The first-order chi connectivity index (χ1) is 9.74. The van der Waals surface area contributed by atoms with Crippen LogP contribution in [0.15, 0.2) is 34.4 Å². The van der Waals surface area contributed by atoms with Gasteiger partial charge in [-0.3, -0.25) is 9.78 Å². The van der Waals surface area contributed by atoms with Gasteiger partial charge in [0.05, 0.1) is 5.39 Å². The van der Waals surface area contributed by atoms with Crippen LogP contribution in [0.5, 0.6) is 0 Å². The van der Waals surface area contributed by atoms with Crippen LogP contribution in [0.1, 0.15) is 5.56 Å². The number of benzene rings is 1. The third-order valence-corrected chi connectivity index (χ3v) is 4.20. The zero-order chi connectivity index (χ0) is 13.7. The van der Waals surface area contributed by atoms with Gasteiger partial charge in [-0.05, 0) is 22.9 Å². The van der Waals surface area contributed by atoms with Crippen LogP contribution in [0.2, 0.25) is 0 Å². The number of nitrogens with one attached hydrogen (secondary N) is 1. The van der Waals surface area contributed by atoms with Gasteiger partial charge in [-0.25, -0.2) is 0 Å². The van der Waals surface area contributed by atoms with E-state index in [1.165, 1.54) is 16.9 Å². The second-order valence-electron chi connectivity index (χ2n) is 4.56. The molecule has 0 spiro atoms. The van der Waals surface area contributed by atoms with Crippen molar-refractivity contribution in [1.82, 2.24) is 25.0 Å². The largest absolute Gasteiger partial charge is 0.289 e. The number of H-pyrrole nitrogens is 1. The van der Waals surface area contributed by atoms with Crippen molar-refractivity contribution in [2.75, 3.05) is 0 Å². The van der Waals surface area contributed by atoms with E-state index in [0.29, 0.717) is 11.2 Å². The minimum Gasteiger partial charge on any atom is -0.289 e. The normalized spacial score (nSPS) is 11.4. The summed E-state index contributed by atoms with van der Waals surface area (Å²) in [5, 5.41) is 13.9. The first kappa shape index (κ1) is 11.3. The Kier molecular flexibility index (Phi) is 2.25. The lowest BCUT2D eigenvalue weighted by Gasteiger charge is -2.00. The maximum absolute atomic E-state index is 12.3. The fraction of sp³-hybridized carbons (Fsp3) is 0.0769. The van der Waals surface area contributed by atoms with E-state index in [1.54, 1.807) is 4.52 Å². The molecule has 0 fully saturated rings. The Morgan fingerprint density at radius 2 is 2.05 bits per heavy atom. The molecular formula is C13H9N5OS. The molecule has 0 atom stereocenters. The van der Waals surface area contributed by atoms with Gasteiger partial charge < -0.3 is 0 Å². The van der Waals surface area contributed by atoms with Crippen LogP contribution in [-0.4, -0.2) is 25.0 Å². The molecule has 3 heterocycles. The van der Waals surface area contributed by atoms with E-state index >= 15 is 0 Å². The number of fused-ring (bicyclic) bond motifs is 3. The summed E-state index contributed by atoms with van der Waals surface area (Å²) < 4.78 is 1.55. The van der Waals surface area contributed by atoms with E-state index in [-0.39, 0.29) is 5.56 Å². The number of aromatic nitrogens is 5. The van der Waals surface area contributed by atoms with E-state index < -0.39 is 0 Å². The molecule has 0 amide bonds. The summed E-state index contributed by atoms with van der Waals surface area (Å²) in [6.07, 6.45) is 0. The number of thiophene rings is 1. The Morgan fingerprint density at radius 3 is 2.85 bits per heavy atom. The SMILES string of the molecule is Cc1ccc(-c2csc3c2c(=O)[nH]c2nnnn23)cc1. The standard InChI is InChI=1S/C13H9N5OS/c1-7-2-4-8(5-3-7)9-6-20-12-10(9)11(19)14-13-15-16-17-18(12)13/h2-6H,1H3,(H,14,15,17,19). The van der Waals surface area contributed by atoms with Gasteiger partial charge in [0.25, 0.3) is 11.3 Å². The molecule has 0 bridgehead atoms. The number of nitrogens with zero attached hydrogens (tertiary/aromatic N) is 4. The second-order valence-corrected chi connectivity index (χ2v) is 5.42. The highest BCUT2D eigenvalue weighted by Crippen LogP contribution is 2.31. The molecule has 1 aromatic carbocycles. The Balaban J connectivity index is 2.11. The second kappa shape index (κ2) is 3.97. The van der Waals surface area contributed by atoms with Crippen LogP contribution in [0.4, 0.5) is 0 Å². The Hall–Kier alpha value is -2.54. The van der Waals surface area contributed by atoms with Crippen molar-refractivity contribution >= 4 is 27.3 Å². The summed E-state index contributed by atoms with van der Waals surface area (Å²) in [6, 6.07) is 8.09. The summed E-state index contributed by atoms with van der Waals surface area (Å²) >= 11 is 1.46. The topological polar surface area (TPSA) is 75.9 Å². The number of rotatable bonds is 1. The van der Waals surface area contributed by atoms with Gasteiger partial charge in [-0.1, -0.05) is 34.9 Å². The third kappa shape index (κ3) is 1.50. The van der Waals surface area contributed by atoms with Crippen molar-refractivity contribution in [1.29, 1.82) is 0 Å². The van der Waals surface area contributed by atoms with E-state index in [0.717, 1.165) is 16.0 Å². The quantitative estimate of drug-likeness (QED) is 0.579. The summed E-state index contributed by atoms with van der Waals surface area (Å²) in [7, 11) is 0. The lowest BCUT2D eigenvalue weighted by molar-refractivity contribution is 0.843. The fourth-order valence-corrected chi connectivity index (χ4v) is 3.26. The average Bonchev–Trinajstić information content (AvgIpc) is 3.05. The van der Waals surface area contributed by atoms with Gasteiger partial charge in [0, 0.05) is 10.9 Å². The Bertz CT molecular complexity index is 980. The van der Waals surface area contributed by atoms with E-state index in [4.69, 9.17) is 0 Å².